The number of esters is 1. The van der Waals surface area contributed by atoms with Crippen LogP contribution in [0.1, 0.15) is 52.0 Å². The Bertz CT molecular complexity index is 758. The van der Waals surface area contributed by atoms with Crippen LogP contribution in [0.3, 0.4) is 0 Å². The molecule has 1 aliphatic rings. The standard InChI is InChI=1S/C24H37N3O4S/c1-24(2,3)23(29)31-15-16-32-20(22(25)28)9-5-8-14-30-21-17-19(10-11-26-21)18-27-12-6-4-7-13-27/h5,8,10-11,17,20H,4,6-7,9,12-16,18H2,1-3H3,(H2,25,28). The number of aromatic nitrogens is 1. The van der Waals surface area contributed by atoms with Gasteiger partial charge in [0.15, 0.2) is 0 Å². The SMILES string of the molecule is CC(C)(C)C(=O)OCCSC(CC=CCOc1cc(CN2CCCCC2)ccn1)C(N)=O. The number of ether oxygens (including phenoxy) is 2. The average Bonchev–Trinajstić information content (AvgIpc) is 2.75. The third kappa shape index (κ3) is 10.0. The topological polar surface area (TPSA) is 94.8 Å². The summed E-state index contributed by atoms with van der Waals surface area (Å²) in [6.45, 7) is 9.29. The monoisotopic (exact) mass is 463 g/mol. The molecule has 1 aromatic rings. The zero-order valence-electron chi connectivity index (χ0n) is 19.5. The van der Waals surface area contributed by atoms with E-state index >= 15 is 0 Å². The van der Waals surface area contributed by atoms with E-state index in [0.717, 1.165) is 19.6 Å². The fraction of sp³-hybridized carbons (Fsp3) is 0.625. The van der Waals surface area contributed by atoms with Gasteiger partial charge in [-0.25, -0.2) is 4.98 Å². The van der Waals surface area contributed by atoms with Crippen LogP contribution in [-0.2, 0) is 20.9 Å². The summed E-state index contributed by atoms with van der Waals surface area (Å²) in [7, 11) is 0. The summed E-state index contributed by atoms with van der Waals surface area (Å²) in [6.07, 6.45) is 9.91. The lowest BCUT2D eigenvalue weighted by molar-refractivity contribution is -0.152. The Morgan fingerprint density at radius 3 is 2.69 bits per heavy atom. The molecular formula is C24H37N3O4S. The number of carbonyl (C=O) groups excluding carboxylic acids is 2. The number of nitrogens with two attached hydrogens (primary N) is 1. The first kappa shape index (κ1) is 26.2. The third-order valence-corrected chi connectivity index (χ3v) is 6.29. The molecule has 1 amide bonds. The molecule has 1 aromatic heterocycles. The number of rotatable bonds is 12. The van der Waals surface area contributed by atoms with E-state index in [9.17, 15) is 9.59 Å². The lowest BCUT2D eigenvalue weighted by Crippen LogP contribution is -2.29. The predicted octanol–water partition coefficient (Wildman–Crippen LogP) is 3.57. The molecule has 0 aromatic carbocycles. The number of allylic oxidation sites excluding steroid dienone is 1. The van der Waals surface area contributed by atoms with Crippen molar-refractivity contribution < 1.29 is 19.1 Å². The lowest BCUT2D eigenvalue weighted by atomic mass is 9.97. The van der Waals surface area contributed by atoms with Crippen molar-refractivity contribution in [1.29, 1.82) is 0 Å². The van der Waals surface area contributed by atoms with Gasteiger partial charge < -0.3 is 15.2 Å². The molecule has 0 spiro atoms. The number of pyridine rings is 1. The molecule has 32 heavy (non-hydrogen) atoms. The molecule has 1 aliphatic heterocycles. The first-order valence-electron chi connectivity index (χ1n) is 11.3. The van der Waals surface area contributed by atoms with Crippen molar-refractivity contribution in [2.45, 2.75) is 58.2 Å². The largest absolute Gasteiger partial charge is 0.473 e. The second kappa shape index (κ2) is 13.5. The zero-order valence-corrected chi connectivity index (χ0v) is 20.4. The van der Waals surface area contributed by atoms with Crippen molar-refractivity contribution in [2.24, 2.45) is 11.1 Å². The lowest BCUT2D eigenvalue weighted by Gasteiger charge is -2.26. The van der Waals surface area contributed by atoms with Gasteiger partial charge in [0.2, 0.25) is 11.8 Å². The minimum atomic E-state index is -0.529. The maximum Gasteiger partial charge on any atom is 0.311 e. The number of hydrogen-bond donors (Lipinski definition) is 1. The molecule has 2 rings (SSSR count). The summed E-state index contributed by atoms with van der Waals surface area (Å²) >= 11 is 1.39. The molecule has 1 saturated heterocycles. The van der Waals surface area contributed by atoms with Gasteiger partial charge in [-0.2, -0.15) is 0 Å². The summed E-state index contributed by atoms with van der Waals surface area (Å²) in [5, 5.41) is -0.370. The number of hydrogen-bond acceptors (Lipinski definition) is 7. The van der Waals surface area contributed by atoms with Crippen molar-refractivity contribution >= 4 is 23.6 Å². The summed E-state index contributed by atoms with van der Waals surface area (Å²) in [5.41, 5.74) is 6.18. The van der Waals surface area contributed by atoms with Crippen LogP contribution in [0.15, 0.2) is 30.5 Å². The van der Waals surface area contributed by atoms with Crippen molar-refractivity contribution in [1.82, 2.24) is 9.88 Å². The number of primary amides is 1. The van der Waals surface area contributed by atoms with Gasteiger partial charge >= 0.3 is 5.97 Å². The molecule has 2 N–H and O–H groups in total. The van der Waals surface area contributed by atoms with E-state index in [4.69, 9.17) is 15.2 Å². The first-order valence-corrected chi connectivity index (χ1v) is 12.3. The fourth-order valence-electron chi connectivity index (χ4n) is 3.23. The van der Waals surface area contributed by atoms with Crippen LogP contribution >= 0.6 is 11.8 Å². The van der Waals surface area contributed by atoms with Gasteiger partial charge in [0.1, 0.15) is 13.2 Å². The molecule has 8 heteroatoms. The van der Waals surface area contributed by atoms with Crippen LogP contribution in [-0.4, -0.2) is 59.1 Å². The minimum Gasteiger partial charge on any atom is -0.473 e. The Labute approximate surface area is 196 Å². The van der Waals surface area contributed by atoms with Crippen LogP contribution < -0.4 is 10.5 Å². The third-order valence-electron chi connectivity index (χ3n) is 5.06. The van der Waals surface area contributed by atoms with Crippen molar-refractivity contribution in [3.63, 3.8) is 0 Å². The molecule has 2 heterocycles. The number of likely N-dealkylation sites (tertiary alicyclic amines) is 1. The fourth-order valence-corrected chi connectivity index (χ4v) is 4.11. The van der Waals surface area contributed by atoms with E-state index in [0.29, 0.717) is 24.7 Å². The van der Waals surface area contributed by atoms with E-state index in [1.54, 1.807) is 6.20 Å². The predicted molar refractivity (Wildman–Crippen MR) is 128 cm³/mol. The maximum absolute atomic E-state index is 11.8. The van der Waals surface area contributed by atoms with Crippen molar-refractivity contribution in [2.75, 3.05) is 32.1 Å². The van der Waals surface area contributed by atoms with Gasteiger partial charge in [0.05, 0.1) is 10.7 Å². The van der Waals surface area contributed by atoms with E-state index in [1.807, 2.05) is 45.1 Å². The number of nitrogens with zero attached hydrogens (tertiary/aromatic N) is 2. The highest BCUT2D eigenvalue weighted by molar-refractivity contribution is 8.00. The first-order chi connectivity index (χ1) is 15.3. The average molecular weight is 464 g/mol. The molecular weight excluding hydrogens is 426 g/mol. The molecule has 178 valence electrons. The molecule has 1 atom stereocenters. The zero-order chi connectivity index (χ0) is 23.4. The van der Waals surface area contributed by atoms with Crippen LogP contribution in [0.5, 0.6) is 5.88 Å². The summed E-state index contributed by atoms with van der Waals surface area (Å²) in [6, 6.07) is 4.02. The van der Waals surface area contributed by atoms with Crippen molar-refractivity contribution in [3.05, 3.63) is 36.0 Å². The normalized spacial score (nSPS) is 16.1. The Kier molecular flexibility index (Phi) is 11.0. The minimum absolute atomic E-state index is 0.251. The van der Waals surface area contributed by atoms with E-state index in [1.165, 1.54) is 36.6 Å². The molecule has 7 nitrogen and oxygen atoms in total. The second-order valence-corrected chi connectivity index (χ2v) is 10.3. The van der Waals surface area contributed by atoms with Gasteiger partial charge in [-0.15, -0.1) is 11.8 Å². The van der Waals surface area contributed by atoms with Crippen LogP contribution in [0.4, 0.5) is 0 Å². The van der Waals surface area contributed by atoms with E-state index in [2.05, 4.69) is 9.88 Å². The van der Waals surface area contributed by atoms with Crippen molar-refractivity contribution in [3.8, 4) is 5.88 Å². The van der Waals surface area contributed by atoms with Crippen LogP contribution in [0.25, 0.3) is 0 Å². The number of piperidine rings is 1. The highest BCUT2D eigenvalue weighted by Gasteiger charge is 2.23. The second-order valence-electron chi connectivity index (χ2n) is 9.00. The van der Waals surface area contributed by atoms with Crippen LogP contribution in [0.2, 0.25) is 0 Å². The maximum atomic E-state index is 11.8. The quantitative estimate of drug-likeness (QED) is 0.288. The van der Waals surface area contributed by atoms with E-state index < -0.39 is 5.41 Å². The highest BCUT2D eigenvalue weighted by Crippen LogP contribution is 2.18. The van der Waals surface area contributed by atoms with Gasteiger partial charge in [0, 0.05) is 24.6 Å². The highest BCUT2D eigenvalue weighted by atomic mass is 32.2. The summed E-state index contributed by atoms with van der Waals surface area (Å²) in [5.74, 6) is 0.493. The number of carbonyl (C=O) groups is 2. The van der Waals surface area contributed by atoms with Gasteiger partial charge in [-0.3, -0.25) is 14.5 Å². The van der Waals surface area contributed by atoms with Gasteiger partial charge in [-0.1, -0.05) is 18.6 Å². The summed E-state index contributed by atoms with van der Waals surface area (Å²) < 4.78 is 11.0. The molecule has 0 bridgehead atoms. The van der Waals surface area contributed by atoms with Gasteiger partial charge in [0.25, 0.3) is 0 Å². The molecule has 0 aliphatic carbocycles. The molecule has 0 saturated carbocycles. The number of amides is 1. The summed E-state index contributed by atoms with van der Waals surface area (Å²) in [4.78, 5) is 30.2. The Hall–Kier alpha value is -2.06. The Morgan fingerprint density at radius 1 is 1.25 bits per heavy atom. The molecule has 1 fully saturated rings. The Balaban J connectivity index is 1.69. The van der Waals surface area contributed by atoms with E-state index in [-0.39, 0.29) is 23.7 Å². The smallest absolute Gasteiger partial charge is 0.311 e. The number of thioether (sulfide) groups is 1. The Morgan fingerprint density at radius 2 is 2.00 bits per heavy atom. The molecule has 1 unspecified atom stereocenters. The molecule has 0 radical (unpaired) electrons. The van der Waals surface area contributed by atoms with Crippen LogP contribution in [0, 0.1) is 5.41 Å². The van der Waals surface area contributed by atoms with Gasteiger partial charge in [-0.05, 0) is 64.8 Å².